The van der Waals surface area contributed by atoms with Gasteiger partial charge >= 0.3 is 0 Å². The number of hydrazine groups is 1. The van der Waals surface area contributed by atoms with Gasteiger partial charge in [0.15, 0.2) is 5.82 Å². The number of carbonyl (C=O) groups excluding carboxylic acids is 1. The summed E-state index contributed by atoms with van der Waals surface area (Å²) in [5, 5.41) is 7.07. The average molecular weight is 478 g/mol. The second-order valence-electron chi connectivity index (χ2n) is 8.10. The summed E-state index contributed by atoms with van der Waals surface area (Å²) >= 11 is 0. The van der Waals surface area contributed by atoms with Crippen molar-refractivity contribution in [2.24, 2.45) is 0 Å². The van der Waals surface area contributed by atoms with E-state index in [4.69, 9.17) is 0 Å². The van der Waals surface area contributed by atoms with Crippen molar-refractivity contribution in [2.75, 3.05) is 10.7 Å². The maximum atomic E-state index is 12.8. The highest BCUT2D eigenvalue weighted by molar-refractivity contribution is 7.89. The number of nitrogens with one attached hydrogen (secondary N) is 3. The lowest BCUT2D eigenvalue weighted by Crippen LogP contribution is -2.32. The first kappa shape index (κ1) is 22.0. The van der Waals surface area contributed by atoms with Crippen molar-refractivity contribution < 1.29 is 13.2 Å². The van der Waals surface area contributed by atoms with Crippen LogP contribution in [0.2, 0.25) is 0 Å². The molecule has 34 heavy (non-hydrogen) atoms. The van der Waals surface area contributed by atoms with Crippen molar-refractivity contribution in [1.82, 2.24) is 24.4 Å². The number of carbonyl (C=O) groups is 1. The van der Waals surface area contributed by atoms with Gasteiger partial charge in [-0.05, 0) is 56.9 Å². The van der Waals surface area contributed by atoms with Gasteiger partial charge in [0.25, 0.3) is 27.7 Å². The van der Waals surface area contributed by atoms with Crippen LogP contribution in [-0.2, 0) is 22.9 Å². The molecular weight excluding hydrogens is 454 g/mol. The Morgan fingerprint density at radius 2 is 1.71 bits per heavy atom. The largest absolute Gasteiger partial charge is 0.291 e. The molecule has 0 unspecified atom stereocenters. The van der Waals surface area contributed by atoms with Crippen LogP contribution in [0.3, 0.4) is 0 Å². The third-order valence-electron chi connectivity index (χ3n) is 5.66. The molecule has 4 aromatic rings. The first-order valence-corrected chi connectivity index (χ1v) is 12.4. The smallest absolute Gasteiger partial charge is 0.258 e. The average Bonchev–Trinajstić information content (AvgIpc) is 3.24. The quantitative estimate of drug-likeness (QED) is 0.364. The summed E-state index contributed by atoms with van der Waals surface area (Å²) in [6, 6.07) is 15.3. The molecule has 0 aliphatic heterocycles. The molecule has 0 fully saturated rings. The van der Waals surface area contributed by atoms with Gasteiger partial charge in [0.1, 0.15) is 0 Å². The number of benzene rings is 2. The molecule has 11 heteroatoms. The summed E-state index contributed by atoms with van der Waals surface area (Å²) in [4.78, 5) is 24.1. The van der Waals surface area contributed by atoms with E-state index >= 15 is 0 Å². The molecule has 1 amide bonds. The van der Waals surface area contributed by atoms with E-state index < -0.39 is 10.0 Å². The Hall–Kier alpha value is -3.83. The van der Waals surface area contributed by atoms with Crippen LogP contribution >= 0.6 is 0 Å². The molecule has 10 nitrogen and oxygen atoms in total. The van der Waals surface area contributed by atoms with Gasteiger partial charge in [-0.1, -0.05) is 35.9 Å². The molecule has 1 aliphatic carbocycles. The molecule has 2 aromatic heterocycles. The maximum Gasteiger partial charge on any atom is 0.258 e. The zero-order valence-electron chi connectivity index (χ0n) is 18.4. The van der Waals surface area contributed by atoms with E-state index in [0.29, 0.717) is 11.4 Å². The predicted octanol–water partition coefficient (Wildman–Crippen LogP) is 2.87. The Bertz CT molecular complexity index is 1470. The number of fused-ring (bicyclic) bond motifs is 2. The van der Waals surface area contributed by atoms with E-state index in [9.17, 15) is 13.2 Å². The van der Waals surface area contributed by atoms with E-state index in [1.165, 1.54) is 4.52 Å². The highest BCUT2D eigenvalue weighted by atomic mass is 32.2. The zero-order valence-corrected chi connectivity index (χ0v) is 19.3. The molecule has 1 aliphatic rings. The number of nitrogens with zero attached hydrogens (tertiary/aromatic N) is 4. The van der Waals surface area contributed by atoms with Crippen molar-refractivity contribution in [3.63, 3.8) is 0 Å². The Morgan fingerprint density at radius 3 is 2.47 bits per heavy atom. The van der Waals surface area contributed by atoms with E-state index in [2.05, 4.69) is 30.6 Å². The van der Waals surface area contributed by atoms with Gasteiger partial charge in [0.05, 0.1) is 10.6 Å². The number of aryl methyl sites for hydroxylation is 2. The molecule has 5 rings (SSSR count). The van der Waals surface area contributed by atoms with Crippen LogP contribution in [0.1, 0.15) is 40.0 Å². The number of amides is 1. The molecule has 0 spiro atoms. The zero-order chi connectivity index (χ0) is 23.7. The predicted molar refractivity (Wildman–Crippen MR) is 127 cm³/mol. The first-order chi connectivity index (χ1) is 16.4. The normalized spacial score (nSPS) is 13.4. The highest BCUT2D eigenvalue weighted by Gasteiger charge is 2.23. The fraction of sp³-hybridized carbons (Fsp3) is 0.217. The summed E-state index contributed by atoms with van der Waals surface area (Å²) in [5.41, 5.74) is 5.98. The Morgan fingerprint density at radius 1 is 0.971 bits per heavy atom. The summed E-state index contributed by atoms with van der Waals surface area (Å²) < 4.78 is 27.1. The number of hydrogen-bond acceptors (Lipinski definition) is 7. The van der Waals surface area contributed by atoms with Crippen molar-refractivity contribution in [3.05, 3.63) is 77.0 Å². The van der Waals surface area contributed by atoms with Gasteiger partial charge < -0.3 is 0 Å². The SMILES string of the molecule is Cc1ccc(S(=O)(=O)NNc2c3c(nc4nc(NC(=O)c5ccccc5)nn24)CCCC3)cc1. The van der Waals surface area contributed by atoms with Crippen LogP contribution in [-0.4, -0.2) is 33.9 Å². The van der Waals surface area contributed by atoms with Gasteiger partial charge in [-0.15, -0.1) is 9.93 Å². The van der Waals surface area contributed by atoms with Crippen LogP contribution in [0, 0.1) is 6.92 Å². The molecule has 3 N–H and O–H groups in total. The lowest BCUT2D eigenvalue weighted by atomic mass is 9.96. The minimum Gasteiger partial charge on any atom is -0.291 e. The van der Waals surface area contributed by atoms with Crippen molar-refractivity contribution in [1.29, 1.82) is 0 Å². The topological polar surface area (TPSA) is 130 Å². The summed E-state index contributed by atoms with van der Waals surface area (Å²) in [5.74, 6) is 0.424. The van der Waals surface area contributed by atoms with Gasteiger partial charge in [0, 0.05) is 11.1 Å². The van der Waals surface area contributed by atoms with Gasteiger partial charge in [0.2, 0.25) is 0 Å². The van der Waals surface area contributed by atoms with Gasteiger partial charge in [-0.3, -0.25) is 15.5 Å². The monoisotopic (exact) mass is 477 g/mol. The lowest BCUT2D eigenvalue weighted by molar-refractivity contribution is 0.102. The van der Waals surface area contributed by atoms with Crippen LogP contribution in [0.5, 0.6) is 0 Å². The minimum absolute atomic E-state index is 0.0770. The standard InChI is InChI=1S/C23H23N7O3S/c1-15-11-13-17(14-12-15)34(32,33)29-27-20-18-9-5-6-10-19(18)24-23-26-22(28-30(20)23)25-21(31)16-7-3-2-4-8-16/h2-4,7-8,11-14,27,29H,5-6,9-10H2,1H3,(H,25,28,31). The Labute approximate surface area is 196 Å². The van der Waals surface area contributed by atoms with Crippen LogP contribution in [0.4, 0.5) is 11.8 Å². The molecule has 2 heterocycles. The van der Waals surface area contributed by atoms with E-state index in [1.54, 1.807) is 48.5 Å². The molecule has 0 saturated heterocycles. The van der Waals surface area contributed by atoms with Crippen molar-refractivity contribution in [2.45, 2.75) is 37.5 Å². The third kappa shape index (κ3) is 4.35. The maximum absolute atomic E-state index is 12.8. The Kier molecular flexibility index (Phi) is 5.72. The molecule has 0 bridgehead atoms. The van der Waals surface area contributed by atoms with Crippen LogP contribution in [0.15, 0.2) is 59.5 Å². The van der Waals surface area contributed by atoms with Gasteiger partial charge in [-0.25, -0.2) is 13.4 Å². The number of aromatic nitrogens is 4. The van der Waals surface area contributed by atoms with Crippen LogP contribution in [0.25, 0.3) is 5.78 Å². The van der Waals surface area contributed by atoms with Crippen molar-refractivity contribution in [3.8, 4) is 0 Å². The summed E-state index contributed by atoms with van der Waals surface area (Å²) in [6.45, 7) is 1.89. The molecular formula is C23H23N7O3S. The molecule has 2 aromatic carbocycles. The second-order valence-corrected chi connectivity index (χ2v) is 9.79. The molecule has 0 radical (unpaired) electrons. The molecule has 0 atom stereocenters. The first-order valence-electron chi connectivity index (χ1n) is 10.9. The summed E-state index contributed by atoms with van der Waals surface area (Å²) in [6.07, 6.45) is 3.41. The van der Waals surface area contributed by atoms with E-state index in [-0.39, 0.29) is 22.5 Å². The fourth-order valence-corrected chi connectivity index (χ4v) is 4.72. The number of rotatable bonds is 6. The van der Waals surface area contributed by atoms with E-state index in [1.807, 2.05) is 13.0 Å². The number of hydrogen-bond donors (Lipinski definition) is 3. The van der Waals surface area contributed by atoms with E-state index in [0.717, 1.165) is 42.5 Å². The lowest BCUT2D eigenvalue weighted by Gasteiger charge is -2.20. The summed E-state index contributed by atoms with van der Waals surface area (Å²) in [7, 11) is -3.83. The highest BCUT2D eigenvalue weighted by Crippen LogP contribution is 2.27. The minimum atomic E-state index is -3.83. The number of sulfonamides is 1. The van der Waals surface area contributed by atoms with Gasteiger partial charge in [-0.2, -0.15) is 9.50 Å². The fourth-order valence-electron chi connectivity index (χ4n) is 3.88. The second kappa shape index (κ2) is 8.84. The van der Waals surface area contributed by atoms with Crippen molar-refractivity contribution >= 4 is 33.5 Å². The molecule has 174 valence electrons. The Balaban J connectivity index is 1.48. The van der Waals surface area contributed by atoms with Crippen LogP contribution < -0.4 is 15.6 Å². The molecule has 0 saturated carbocycles. The third-order valence-corrected chi connectivity index (χ3v) is 6.92. The number of anilines is 2.